The van der Waals surface area contributed by atoms with Gasteiger partial charge in [0, 0.05) is 56.6 Å². The molecule has 200 valence electrons. The van der Waals surface area contributed by atoms with Gasteiger partial charge in [0.05, 0.1) is 12.5 Å². The number of hydrogen-bond donors (Lipinski definition) is 1. The van der Waals surface area contributed by atoms with Crippen molar-refractivity contribution in [1.29, 1.82) is 0 Å². The summed E-state index contributed by atoms with van der Waals surface area (Å²) in [5.41, 5.74) is 1.31. The Hall–Kier alpha value is -2.47. The van der Waals surface area contributed by atoms with Crippen LogP contribution >= 0.6 is 11.6 Å². The zero-order chi connectivity index (χ0) is 26.0. The quantitative estimate of drug-likeness (QED) is 0.589. The third-order valence-electron chi connectivity index (χ3n) is 7.53. The summed E-state index contributed by atoms with van der Waals surface area (Å²) in [5.74, 6) is 1.09. The number of anilines is 3. The lowest BCUT2D eigenvalue weighted by Gasteiger charge is -2.36. The first-order valence-corrected chi connectivity index (χ1v) is 15.1. The SMILES string of the molecule is CS(=O)(=O)N1CCN(C(=O)c2ccc(Nc3nc(N4CCC(N5CCCC5)CC4)ncc3Cl)cc2)CC1. The standard InChI is InChI=1S/C25H34ClN7O3S/c1-37(35,36)33-16-14-31(15-17-33)24(34)19-4-6-20(7-5-19)28-23-22(26)18-27-25(29-23)32-12-8-21(9-13-32)30-10-2-3-11-30/h4-7,18,21H,2-3,8-17H2,1H3,(H,27,28,29). The number of aromatic nitrogens is 2. The molecular formula is C25H34ClN7O3S. The molecular weight excluding hydrogens is 514 g/mol. The van der Waals surface area contributed by atoms with Crippen molar-refractivity contribution in [3.8, 4) is 0 Å². The summed E-state index contributed by atoms with van der Waals surface area (Å²) >= 11 is 6.40. The zero-order valence-corrected chi connectivity index (χ0v) is 22.7. The van der Waals surface area contributed by atoms with E-state index in [1.165, 1.54) is 36.5 Å². The van der Waals surface area contributed by atoms with E-state index in [-0.39, 0.29) is 5.91 Å². The lowest BCUT2D eigenvalue weighted by Crippen LogP contribution is -2.50. The van der Waals surface area contributed by atoms with Crippen LogP contribution in [-0.2, 0) is 10.0 Å². The van der Waals surface area contributed by atoms with E-state index in [9.17, 15) is 13.2 Å². The molecule has 4 heterocycles. The summed E-state index contributed by atoms with van der Waals surface area (Å²) in [6.07, 6.45) is 7.69. The fourth-order valence-corrected chi connectivity index (χ4v) is 6.34. The number of hydrogen-bond acceptors (Lipinski definition) is 8. The Morgan fingerprint density at radius 3 is 2.24 bits per heavy atom. The van der Waals surface area contributed by atoms with Gasteiger partial charge in [-0.25, -0.2) is 13.4 Å². The first kappa shape index (κ1) is 26.1. The van der Waals surface area contributed by atoms with Gasteiger partial charge in [-0.15, -0.1) is 0 Å². The van der Waals surface area contributed by atoms with E-state index in [1.807, 2.05) is 12.1 Å². The number of carbonyl (C=O) groups is 1. The van der Waals surface area contributed by atoms with Gasteiger partial charge < -0.3 is 20.0 Å². The van der Waals surface area contributed by atoms with Crippen LogP contribution in [0.3, 0.4) is 0 Å². The summed E-state index contributed by atoms with van der Waals surface area (Å²) in [5, 5.41) is 3.69. The molecule has 0 aliphatic carbocycles. The molecule has 3 aliphatic heterocycles. The summed E-state index contributed by atoms with van der Waals surface area (Å²) in [4.78, 5) is 28.6. The maximum Gasteiger partial charge on any atom is 0.253 e. The molecule has 1 amide bonds. The molecule has 0 spiro atoms. The van der Waals surface area contributed by atoms with Crippen LogP contribution in [0, 0.1) is 0 Å². The van der Waals surface area contributed by atoms with Gasteiger partial charge in [0.25, 0.3) is 5.91 Å². The fraction of sp³-hybridized carbons (Fsp3) is 0.560. The molecule has 1 N–H and O–H groups in total. The van der Waals surface area contributed by atoms with Crippen molar-refractivity contribution in [2.24, 2.45) is 0 Å². The lowest BCUT2D eigenvalue weighted by atomic mass is 10.0. The number of likely N-dealkylation sites (tertiary alicyclic amines) is 1. The average Bonchev–Trinajstić information content (AvgIpc) is 3.45. The Kier molecular flexibility index (Phi) is 7.85. The second-order valence-electron chi connectivity index (χ2n) is 9.98. The van der Waals surface area contributed by atoms with Crippen LogP contribution in [0.5, 0.6) is 0 Å². The van der Waals surface area contributed by atoms with Crippen molar-refractivity contribution in [2.45, 2.75) is 31.7 Å². The summed E-state index contributed by atoms with van der Waals surface area (Å²) in [7, 11) is -3.23. The summed E-state index contributed by atoms with van der Waals surface area (Å²) in [6, 6.07) is 7.81. The number of benzene rings is 1. The largest absolute Gasteiger partial charge is 0.341 e. The van der Waals surface area contributed by atoms with Crippen molar-refractivity contribution >= 4 is 45.0 Å². The molecule has 0 saturated carbocycles. The number of rotatable bonds is 6. The predicted octanol–water partition coefficient (Wildman–Crippen LogP) is 2.66. The summed E-state index contributed by atoms with van der Waals surface area (Å²) < 4.78 is 24.8. The molecule has 1 aromatic heterocycles. The van der Waals surface area contributed by atoms with E-state index in [2.05, 4.69) is 20.1 Å². The molecule has 0 radical (unpaired) electrons. The minimum Gasteiger partial charge on any atom is -0.341 e. The van der Waals surface area contributed by atoms with Crippen molar-refractivity contribution < 1.29 is 13.2 Å². The van der Waals surface area contributed by atoms with Gasteiger partial charge in [0.2, 0.25) is 16.0 Å². The maximum absolute atomic E-state index is 12.9. The molecule has 3 saturated heterocycles. The van der Waals surface area contributed by atoms with Crippen molar-refractivity contribution in [1.82, 2.24) is 24.1 Å². The number of sulfonamides is 1. The highest BCUT2D eigenvalue weighted by molar-refractivity contribution is 7.88. The van der Waals surface area contributed by atoms with Gasteiger partial charge >= 0.3 is 0 Å². The van der Waals surface area contributed by atoms with E-state index < -0.39 is 10.0 Å². The van der Waals surface area contributed by atoms with E-state index in [4.69, 9.17) is 16.6 Å². The van der Waals surface area contributed by atoms with Gasteiger partial charge in [-0.3, -0.25) is 4.79 Å². The van der Waals surface area contributed by atoms with Crippen LogP contribution in [0.15, 0.2) is 30.5 Å². The highest BCUT2D eigenvalue weighted by Gasteiger charge is 2.28. The van der Waals surface area contributed by atoms with Crippen LogP contribution in [0.1, 0.15) is 36.0 Å². The normalized spacial score (nSPS) is 20.4. The lowest BCUT2D eigenvalue weighted by molar-refractivity contribution is 0.0698. The number of piperidine rings is 1. The Morgan fingerprint density at radius 1 is 0.973 bits per heavy atom. The Balaban J connectivity index is 1.19. The Morgan fingerprint density at radius 2 is 1.62 bits per heavy atom. The first-order chi connectivity index (χ1) is 17.8. The minimum absolute atomic E-state index is 0.112. The van der Waals surface area contributed by atoms with E-state index >= 15 is 0 Å². The third-order valence-corrected chi connectivity index (χ3v) is 9.11. The van der Waals surface area contributed by atoms with Gasteiger partial charge in [-0.2, -0.15) is 9.29 Å². The number of halogens is 1. The number of amides is 1. The molecule has 0 bridgehead atoms. The third kappa shape index (κ3) is 6.17. The second kappa shape index (κ2) is 11.1. The number of nitrogens with one attached hydrogen (secondary N) is 1. The van der Waals surface area contributed by atoms with Crippen molar-refractivity contribution in [3.63, 3.8) is 0 Å². The predicted molar refractivity (Wildman–Crippen MR) is 145 cm³/mol. The molecule has 1 aromatic carbocycles. The molecule has 37 heavy (non-hydrogen) atoms. The maximum atomic E-state index is 12.9. The highest BCUT2D eigenvalue weighted by Crippen LogP contribution is 2.28. The van der Waals surface area contributed by atoms with Crippen LogP contribution in [0.2, 0.25) is 5.02 Å². The van der Waals surface area contributed by atoms with E-state index in [0.717, 1.165) is 31.6 Å². The molecule has 3 aliphatic rings. The fourth-order valence-electron chi connectivity index (χ4n) is 5.37. The van der Waals surface area contributed by atoms with Crippen LogP contribution in [0.4, 0.5) is 17.5 Å². The molecule has 5 rings (SSSR count). The zero-order valence-electron chi connectivity index (χ0n) is 21.1. The van der Waals surface area contributed by atoms with Crippen LogP contribution < -0.4 is 10.2 Å². The molecule has 10 nitrogen and oxygen atoms in total. The minimum atomic E-state index is -3.23. The van der Waals surface area contributed by atoms with E-state index in [0.29, 0.717) is 54.6 Å². The summed E-state index contributed by atoms with van der Waals surface area (Å²) in [6.45, 7) is 5.68. The average molecular weight is 548 g/mol. The Bertz CT molecular complexity index is 1210. The number of piperazine rings is 1. The van der Waals surface area contributed by atoms with Crippen LogP contribution in [-0.4, -0.2) is 103 Å². The smallest absolute Gasteiger partial charge is 0.253 e. The van der Waals surface area contributed by atoms with Crippen molar-refractivity contribution in [2.75, 3.05) is 68.8 Å². The van der Waals surface area contributed by atoms with E-state index in [1.54, 1.807) is 23.2 Å². The second-order valence-corrected chi connectivity index (χ2v) is 12.4. The first-order valence-electron chi connectivity index (χ1n) is 12.9. The van der Waals surface area contributed by atoms with Gasteiger partial charge in [0.1, 0.15) is 5.02 Å². The Labute approximate surface area is 223 Å². The van der Waals surface area contributed by atoms with Gasteiger partial charge in [-0.05, 0) is 63.0 Å². The van der Waals surface area contributed by atoms with Crippen LogP contribution in [0.25, 0.3) is 0 Å². The highest BCUT2D eigenvalue weighted by atomic mass is 35.5. The molecule has 2 aromatic rings. The number of nitrogens with zero attached hydrogens (tertiary/aromatic N) is 6. The topological polar surface area (TPSA) is 102 Å². The molecule has 12 heteroatoms. The monoisotopic (exact) mass is 547 g/mol. The molecule has 0 unspecified atom stereocenters. The van der Waals surface area contributed by atoms with Gasteiger partial charge in [0.15, 0.2) is 5.82 Å². The number of carbonyl (C=O) groups excluding carboxylic acids is 1. The molecule has 0 atom stereocenters. The van der Waals surface area contributed by atoms with Crippen molar-refractivity contribution in [3.05, 3.63) is 41.0 Å². The van der Waals surface area contributed by atoms with Gasteiger partial charge in [-0.1, -0.05) is 11.6 Å². The molecule has 3 fully saturated rings.